The molecule has 2 nitrogen and oxygen atoms in total. The molecule has 0 radical (unpaired) electrons. The summed E-state index contributed by atoms with van der Waals surface area (Å²) < 4.78 is 5.06. The molecular formula is C31H30N2. The second-order valence-electron chi connectivity index (χ2n) is 9.44. The molecule has 0 aliphatic rings. The van der Waals surface area contributed by atoms with Crippen molar-refractivity contribution in [1.29, 1.82) is 0 Å². The molecule has 4 aromatic carbocycles. The summed E-state index contributed by atoms with van der Waals surface area (Å²) in [6.07, 6.45) is 3.61. The van der Waals surface area contributed by atoms with Gasteiger partial charge in [-0.25, -0.2) is 0 Å². The number of hydrogen-bond acceptors (Lipinski definition) is 0. The van der Waals surface area contributed by atoms with Crippen LogP contribution in [0.5, 0.6) is 0 Å². The molecule has 0 saturated carbocycles. The third-order valence-electron chi connectivity index (χ3n) is 7.12. The molecule has 0 aliphatic heterocycles. The first-order valence-electron chi connectivity index (χ1n) is 12.2. The summed E-state index contributed by atoms with van der Waals surface area (Å²) in [4.78, 5) is 0. The normalized spacial score (nSPS) is 11.9. The summed E-state index contributed by atoms with van der Waals surface area (Å²) in [6.45, 7) is 6.52. The van der Waals surface area contributed by atoms with Gasteiger partial charge in [-0.1, -0.05) is 60.7 Å². The van der Waals surface area contributed by atoms with E-state index in [4.69, 9.17) is 0 Å². The minimum absolute atomic E-state index is 1.07. The second-order valence-corrected chi connectivity index (χ2v) is 9.44. The van der Waals surface area contributed by atoms with Crippen LogP contribution in [0.25, 0.3) is 43.6 Å². The molecule has 0 fully saturated rings. The summed E-state index contributed by atoms with van der Waals surface area (Å²) in [7, 11) is 0. The Morgan fingerprint density at radius 2 is 0.879 bits per heavy atom. The average molecular weight is 431 g/mol. The van der Waals surface area contributed by atoms with Crippen molar-refractivity contribution in [3.05, 3.63) is 96.1 Å². The predicted molar refractivity (Wildman–Crippen MR) is 142 cm³/mol. The first-order valence-corrected chi connectivity index (χ1v) is 12.2. The Labute approximate surface area is 195 Å². The van der Waals surface area contributed by atoms with Crippen LogP contribution in [0.1, 0.15) is 30.4 Å². The van der Waals surface area contributed by atoms with Crippen LogP contribution in [-0.2, 0) is 13.1 Å². The number of fused-ring (bicyclic) bond motifs is 6. The lowest BCUT2D eigenvalue weighted by Crippen LogP contribution is -2.01. The monoisotopic (exact) mass is 430 g/mol. The Morgan fingerprint density at radius 3 is 1.39 bits per heavy atom. The number of benzene rings is 4. The zero-order valence-electron chi connectivity index (χ0n) is 19.5. The number of para-hydroxylation sites is 2. The zero-order valence-corrected chi connectivity index (χ0v) is 19.5. The van der Waals surface area contributed by atoms with E-state index in [9.17, 15) is 0 Å². The number of aryl methyl sites for hydroxylation is 4. The Kier molecular flexibility index (Phi) is 4.95. The highest BCUT2D eigenvalue weighted by Gasteiger charge is 2.12. The van der Waals surface area contributed by atoms with Crippen molar-refractivity contribution in [3.8, 4) is 0 Å². The molecule has 2 heteroatoms. The van der Waals surface area contributed by atoms with E-state index in [1.165, 1.54) is 74.0 Å². The molecule has 0 bridgehead atoms. The maximum absolute atomic E-state index is 2.55. The minimum Gasteiger partial charge on any atom is -0.340 e. The van der Waals surface area contributed by atoms with Crippen LogP contribution in [0.3, 0.4) is 0 Å². The van der Waals surface area contributed by atoms with Gasteiger partial charge in [0.15, 0.2) is 0 Å². The van der Waals surface area contributed by atoms with Gasteiger partial charge < -0.3 is 9.13 Å². The van der Waals surface area contributed by atoms with E-state index in [1.807, 2.05) is 0 Å². The van der Waals surface area contributed by atoms with Gasteiger partial charge in [0.2, 0.25) is 0 Å². The van der Waals surface area contributed by atoms with Crippen molar-refractivity contribution in [2.45, 2.75) is 46.2 Å². The first kappa shape index (κ1) is 20.1. The van der Waals surface area contributed by atoms with Crippen LogP contribution in [0.2, 0.25) is 0 Å². The van der Waals surface area contributed by atoms with Crippen molar-refractivity contribution in [3.63, 3.8) is 0 Å². The van der Waals surface area contributed by atoms with Gasteiger partial charge in [0.1, 0.15) is 0 Å². The van der Waals surface area contributed by atoms with Crippen LogP contribution in [-0.4, -0.2) is 9.13 Å². The van der Waals surface area contributed by atoms with E-state index in [-0.39, 0.29) is 0 Å². The van der Waals surface area contributed by atoms with Crippen molar-refractivity contribution in [2.24, 2.45) is 0 Å². The first-order chi connectivity index (χ1) is 16.2. The minimum atomic E-state index is 1.07. The van der Waals surface area contributed by atoms with E-state index in [1.54, 1.807) is 0 Å². The van der Waals surface area contributed by atoms with E-state index < -0.39 is 0 Å². The molecule has 2 aromatic heterocycles. The smallest absolute Gasteiger partial charge is 0.0494 e. The predicted octanol–water partition coefficient (Wildman–Crippen LogP) is 8.39. The molecule has 0 atom stereocenters. The highest BCUT2D eigenvalue weighted by atomic mass is 15.0. The third-order valence-corrected chi connectivity index (χ3v) is 7.12. The lowest BCUT2D eigenvalue weighted by molar-refractivity contribution is 0.569. The molecule has 164 valence electrons. The van der Waals surface area contributed by atoms with Crippen molar-refractivity contribution in [2.75, 3.05) is 0 Å². The number of unbranched alkanes of at least 4 members (excludes halogenated alkanes) is 2. The van der Waals surface area contributed by atoms with E-state index in [0.717, 1.165) is 13.1 Å². The van der Waals surface area contributed by atoms with Crippen LogP contribution >= 0.6 is 0 Å². The molecule has 0 unspecified atom stereocenters. The number of aromatic nitrogens is 2. The topological polar surface area (TPSA) is 9.86 Å². The zero-order chi connectivity index (χ0) is 22.4. The highest BCUT2D eigenvalue weighted by molar-refractivity contribution is 6.09. The molecule has 0 spiro atoms. The largest absolute Gasteiger partial charge is 0.340 e. The van der Waals surface area contributed by atoms with Gasteiger partial charge in [-0.15, -0.1) is 0 Å². The van der Waals surface area contributed by atoms with Crippen LogP contribution < -0.4 is 0 Å². The quantitative estimate of drug-likeness (QED) is 0.235. The fourth-order valence-corrected chi connectivity index (χ4v) is 5.52. The molecule has 33 heavy (non-hydrogen) atoms. The van der Waals surface area contributed by atoms with Gasteiger partial charge >= 0.3 is 0 Å². The summed E-state index contributed by atoms with van der Waals surface area (Å²) >= 11 is 0. The standard InChI is InChI=1S/C31H30N2/c1-22-14-16-26-27-17-15-23(2)21-31(27)33(30(26)20-22)19-9-3-8-18-32-28-12-6-4-10-24(28)25-11-5-7-13-29(25)32/h4-7,10-17,20-21H,3,8-9,18-19H2,1-2H3. The van der Waals surface area contributed by atoms with E-state index in [0.29, 0.717) is 0 Å². The Morgan fingerprint density at radius 1 is 0.455 bits per heavy atom. The molecule has 6 aromatic rings. The number of rotatable bonds is 6. The summed E-state index contributed by atoms with van der Waals surface area (Å²) in [5.41, 5.74) is 8.11. The fraction of sp³-hybridized carbons (Fsp3) is 0.226. The molecule has 6 rings (SSSR count). The van der Waals surface area contributed by atoms with Gasteiger partial charge in [-0.05, 0) is 68.5 Å². The molecule has 0 aliphatic carbocycles. The van der Waals surface area contributed by atoms with Crippen LogP contribution in [0.4, 0.5) is 0 Å². The molecule has 2 heterocycles. The lowest BCUT2D eigenvalue weighted by atomic mass is 10.1. The van der Waals surface area contributed by atoms with E-state index in [2.05, 4.69) is 108 Å². The van der Waals surface area contributed by atoms with Crippen molar-refractivity contribution < 1.29 is 0 Å². The van der Waals surface area contributed by atoms with Gasteiger partial charge in [0.05, 0.1) is 0 Å². The van der Waals surface area contributed by atoms with Gasteiger partial charge in [0.25, 0.3) is 0 Å². The Bertz CT molecular complexity index is 1500. The third kappa shape index (κ3) is 3.41. The van der Waals surface area contributed by atoms with Crippen molar-refractivity contribution >= 4 is 43.6 Å². The number of hydrogen-bond donors (Lipinski definition) is 0. The maximum Gasteiger partial charge on any atom is 0.0494 e. The molecule has 0 saturated heterocycles. The molecular weight excluding hydrogens is 400 g/mol. The lowest BCUT2D eigenvalue weighted by Gasteiger charge is -2.10. The molecule has 0 amide bonds. The summed E-state index contributed by atoms with van der Waals surface area (Å²) in [5, 5.41) is 5.48. The van der Waals surface area contributed by atoms with Gasteiger partial charge in [-0.3, -0.25) is 0 Å². The maximum atomic E-state index is 2.55. The average Bonchev–Trinajstić information content (AvgIpc) is 3.31. The second kappa shape index (κ2) is 8.12. The Balaban J connectivity index is 1.23. The van der Waals surface area contributed by atoms with Crippen LogP contribution in [0, 0.1) is 13.8 Å². The van der Waals surface area contributed by atoms with E-state index >= 15 is 0 Å². The summed E-state index contributed by atoms with van der Waals surface area (Å²) in [6, 6.07) is 31.4. The Hall–Kier alpha value is -3.52. The van der Waals surface area contributed by atoms with Crippen LogP contribution in [0.15, 0.2) is 84.9 Å². The fourth-order valence-electron chi connectivity index (χ4n) is 5.52. The highest BCUT2D eigenvalue weighted by Crippen LogP contribution is 2.32. The number of nitrogens with zero attached hydrogens (tertiary/aromatic N) is 2. The van der Waals surface area contributed by atoms with Gasteiger partial charge in [-0.2, -0.15) is 0 Å². The SMILES string of the molecule is Cc1ccc2c3ccc(C)cc3n(CCCCCn3c4ccccc4c4ccccc43)c2c1. The van der Waals surface area contributed by atoms with Gasteiger partial charge in [0, 0.05) is 56.7 Å². The molecule has 0 N–H and O–H groups in total. The summed E-state index contributed by atoms with van der Waals surface area (Å²) in [5.74, 6) is 0. The van der Waals surface area contributed by atoms with Crippen molar-refractivity contribution in [1.82, 2.24) is 9.13 Å².